The Kier molecular flexibility index (Phi) is 6.37. The summed E-state index contributed by atoms with van der Waals surface area (Å²) < 4.78 is 89.0. The van der Waals surface area contributed by atoms with Gasteiger partial charge in [0.05, 0.1) is 10.2 Å². The monoisotopic (exact) mass is 628 g/mol. The number of halogens is 7. The van der Waals surface area contributed by atoms with Gasteiger partial charge in [0.15, 0.2) is 23.1 Å². The second kappa shape index (κ2) is 9.36. The molecule has 0 unspecified atom stereocenters. The Hall–Kier alpha value is -3.19. The van der Waals surface area contributed by atoms with E-state index < -0.39 is 35.0 Å². The molecule has 182 valence electrons. The summed E-state index contributed by atoms with van der Waals surface area (Å²) >= 11 is 3.31. The summed E-state index contributed by atoms with van der Waals surface area (Å²) in [5, 5.41) is 0.496. The molecule has 2 aromatic heterocycles. The van der Waals surface area contributed by atoms with Gasteiger partial charge in [-0.1, -0.05) is 12.1 Å². The molecule has 0 amide bonds. The van der Waals surface area contributed by atoms with Gasteiger partial charge in [0, 0.05) is 33.0 Å². The maximum Gasteiger partial charge on any atom is 0.444 e. The van der Waals surface area contributed by atoms with Crippen LogP contribution < -0.4 is 4.74 Å². The normalized spacial score (nSPS) is 11.8. The Labute approximate surface area is 217 Å². The van der Waals surface area contributed by atoms with Crippen molar-refractivity contribution in [2.24, 2.45) is 0 Å². The van der Waals surface area contributed by atoms with Gasteiger partial charge in [-0.15, -0.1) is 11.3 Å². The first-order valence-corrected chi connectivity index (χ1v) is 12.0. The number of alkyl halides is 2. The molecule has 0 aliphatic carbocycles. The summed E-state index contributed by atoms with van der Waals surface area (Å²) in [6.45, 7) is 0. The van der Waals surface area contributed by atoms with Crippen LogP contribution in [-0.4, -0.2) is 9.97 Å². The van der Waals surface area contributed by atoms with Crippen LogP contribution in [0.5, 0.6) is 5.75 Å². The molecule has 0 N–H and O–H groups in total. The van der Waals surface area contributed by atoms with Crippen LogP contribution in [-0.2, 0) is 6.11 Å². The molecule has 0 spiro atoms. The number of ether oxygens (including phenoxy) is 1. The predicted molar refractivity (Wildman–Crippen MR) is 132 cm³/mol. The SMILES string of the molecule is Fc1cc(I)ccc1-c1ccc2nc(-c3ccc(C(F)(F)Oc4cc(F)c(F)c(F)c4)nc3)sc2c1. The van der Waals surface area contributed by atoms with E-state index in [0.717, 1.165) is 20.5 Å². The van der Waals surface area contributed by atoms with E-state index >= 15 is 0 Å². The first-order chi connectivity index (χ1) is 17.1. The van der Waals surface area contributed by atoms with E-state index in [1.165, 1.54) is 23.5 Å². The third-order valence-corrected chi connectivity index (χ3v) is 6.88. The molecular formula is C25H11F6IN2OS. The minimum absolute atomic E-state index is 0.318. The van der Waals surface area contributed by atoms with E-state index in [1.807, 2.05) is 22.6 Å². The maximum absolute atomic E-state index is 14.5. The predicted octanol–water partition coefficient (Wildman–Crippen LogP) is 8.31. The molecular weight excluding hydrogens is 617 g/mol. The first kappa shape index (κ1) is 24.5. The molecule has 11 heteroatoms. The lowest BCUT2D eigenvalue weighted by Gasteiger charge is -2.17. The standard InChI is InChI=1S/C25H11F6IN2OS/c26-17-8-14(32)3-4-16(17)12-1-5-20-21(7-12)36-24(34-20)13-2-6-22(33-11-13)25(30,31)35-15-9-18(27)23(29)19(28)10-15/h1-11H. The number of thiazole rings is 1. The number of fused-ring (bicyclic) bond motifs is 1. The molecule has 0 aliphatic heterocycles. The van der Waals surface area contributed by atoms with Gasteiger partial charge in [-0.2, -0.15) is 8.78 Å². The second-order valence-electron chi connectivity index (χ2n) is 7.58. The van der Waals surface area contributed by atoms with Gasteiger partial charge in [-0.05, 0) is 64.6 Å². The molecule has 0 bridgehead atoms. The van der Waals surface area contributed by atoms with Crippen LogP contribution in [0.15, 0.2) is 66.9 Å². The topological polar surface area (TPSA) is 35.0 Å². The molecule has 0 saturated carbocycles. The van der Waals surface area contributed by atoms with Gasteiger partial charge in [-0.25, -0.2) is 22.5 Å². The average molecular weight is 628 g/mol. The highest BCUT2D eigenvalue weighted by atomic mass is 127. The lowest BCUT2D eigenvalue weighted by molar-refractivity contribution is -0.188. The van der Waals surface area contributed by atoms with E-state index in [9.17, 15) is 26.3 Å². The van der Waals surface area contributed by atoms with Gasteiger partial charge in [0.2, 0.25) is 0 Å². The van der Waals surface area contributed by atoms with Crippen LogP contribution >= 0.6 is 33.9 Å². The van der Waals surface area contributed by atoms with Crippen LogP contribution in [0.2, 0.25) is 0 Å². The van der Waals surface area contributed by atoms with Crippen molar-refractivity contribution in [2.75, 3.05) is 0 Å². The van der Waals surface area contributed by atoms with Gasteiger partial charge in [-0.3, -0.25) is 4.98 Å². The average Bonchev–Trinajstić information content (AvgIpc) is 3.26. The fraction of sp³-hybridized carbons (Fsp3) is 0.0400. The lowest BCUT2D eigenvalue weighted by Crippen LogP contribution is -2.23. The number of nitrogens with zero attached hydrogens (tertiary/aromatic N) is 2. The van der Waals surface area contributed by atoms with Crippen LogP contribution in [0.1, 0.15) is 5.69 Å². The smallest absolute Gasteiger partial charge is 0.428 e. The molecule has 3 aromatic carbocycles. The molecule has 0 saturated heterocycles. The Bertz CT molecular complexity index is 1580. The zero-order valence-corrected chi connectivity index (χ0v) is 20.7. The van der Waals surface area contributed by atoms with Gasteiger partial charge in [0.1, 0.15) is 16.6 Å². The van der Waals surface area contributed by atoms with Crippen LogP contribution in [0.4, 0.5) is 26.3 Å². The third kappa shape index (κ3) is 4.76. The minimum atomic E-state index is -4.05. The minimum Gasteiger partial charge on any atom is -0.428 e. The quantitative estimate of drug-likeness (QED) is 0.112. The Morgan fingerprint density at radius 2 is 1.53 bits per heavy atom. The van der Waals surface area contributed by atoms with E-state index in [1.54, 1.807) is 30.3 Å². The van der Waals surface area contributed by atoms with E-state index in [4.69, 9.17) is 0 Å². The van der Waals surface area contributed by atoms with Crippen molar-refractivity contribution in [2.45, 2.75) is 6.11 Å². The van der Waals surface area contributed by atoms with Crippen molar-refractivity contribution in [3.8, 4) is 27.4 Å². The van der Waals surface area contributed by atoms with E-state index in [2.05, 4.69) is 14.7 Å². The van der Waals surface area contributed by atoms with Crippen molar-refractivity contribution in [3.05, 3.63) is 99.4 Å². The Morgan fingerprint density at radius 1 is 0.806 bits per heavy atom. The summed E-state index contributed by atoms with van der Waals surface area (Å²) in [7, 11) is 0. The maximum atomic E-state index is 14.5. The molecule has 3 nitrogen and oxygen atoms in total. The van der Waals surface area contributed by atoms with Crippen molar-refractivity contribution in [3.63, 3.8) is 0 Å². The lowest BCUT2D eigenvalue weighted by atomic mass is 10.1. The van der Waals surface area contributed by atoms with Crippen LogP contribution in [0.25, 0.3) is 31.9 Å². The fourth-order valence-electron chi connectivity index (χ4n) is 3.42. The number of rotatable bonds is 5. The molecule has 5 aromatic rings. The van der Waals surface area contributed by atoms with Gasteiger partial charge < -0.3 is 4.74 Å². The van der Waals surface area contributed by atoms with Crippen molar-refractivity contribution < 1.29 is 31.1 Å². The fourth-order valence-corrected chi connectivity index (χ4v) is 4.87. The number of pyridine rings is 1. The molecule has 5 rings (SSSR count). The number of hydrogen-bond acceptors (Lipinski definition) is 4. The second-order valence-corrected chi connectivity index (χ2v) is 9.85. The highest BCUT2D eigenvalue weighted by Gasteiger charge is 2.37. The summed E-state index contributed by atoms with van der Waals surface area (Å²) in [6, 6.07) is 13.2. The van der Waals surface area contributed by atoms with Gasteiger partial charge in [0.25, 0.3) is 0 Å². The summed E-state index contributed by atoms with van der Waals surface area (Å²) in [4.78, 5) is 8.21. The number of aromatic nitrogens is 2. The largest absolute Gasteiger partial charge is 0.444 e. The van der Waals surface area contributed by atoms with E-state index in [0.29, 0.717) is 39.3 Å². The van der Waals surface area contributed by atoms with Crippen LogP contribution in [0, 0.1) is 26.8 Å². The first-order valence-electron chi connectivity index (χ1n) is 10.1. The molecule has 0 atom stereocenters. The summed E-state index contributed by atoms with van der Waals surface area (Å²) in [6.07, 6.45) is -2.88. The summed E-state index contributed by atoms with van der Waals surface area (Å²) in [5.74, 6) is -6.35. The highest BCUT2D eigenvalue weighted by molar-refractivity contribution is 14.1. The van der Waals surface area contributed by atoms with Crippen LogP contribution in [0.3, 0.4) is 0 Å². The zero-order chi connectivity index (χ0) is 25.6. The number of hydrogen-bond donors (Lipinski definition) is 0. The third-order valence-electron chi connectivity index (χ3n) is 5.14. The molecule has 0 fully saturated rings. The van der Waals surface area contributed by atoms with Crippen molar-refractivity contribution in [1.29, 1.82) is 0 Å². The zero-order valence-electron chi connectivity index (χ0n) is 17.7. The molecule has 0 aliphatic rings. The summed E-state index contributed by atoms with van der Waals surface area (Å²) in [5.41, 5.74) is 1.38. The highest BCUT2D eigenvalue weighted by Crippen LogP contribution is 2.36. The van der Waals surface area contributed by atoms with Crippen molar-refractivity contribution in [1.82, 2.24) is 9.97 Å². The molecule has 2 heterocycles. The molecule has 36 heavy (non-hydrogen) atoms. The van der Waals surface area contributed by atoms with E-state index in [-0.39, 0.29) is 5.82 Å². The Morgan fingerprint density at radius 3 is 2.19 bits per heavy atom. The number of benzene rings is 3. The Balaban J connectivity index is 1.40. The molecule has 0 radical (unpaired) electrons. The van der Waals surface area contributed by atoms with Crippen molar-refractivity contribution >= 4 is 44.1 Å². The van der Waals surface area contributed by atoms with Gasteiger partial charge >= 0.3 is 6.11 Å².